The van der Waals surface area contributed by atoms with Gasteiger partial charge in [0.15, 0.2) is 0 Å². The molecule has 0 aliphatic rings. The van der Waals surface area contributed by atoms with Crippen LogP contribution in [0.5, 0.6) is 0 Å². The van der Waals surface area contributed by atoms with E-state index in [-0.39, 0.29) is 0 Å². The summed E-state index contributed by atoms with van der Waals surface area (Å²) in [6.45, 7) is 3.22. The number of aromatic nitrogens is 1. The number of para-hydroxylation sites is 2. The lowest BCUT2D eigenvalue weighted by molar-refractivity contribution is 0.549. The van der Waals surface area contributed by atoms with Crippen molar-refractivity contribution in [3.05, 3.63) is 90.0 Å². The van der Waals surface area contributed by atoms with Crippen molar-refractivity contribution in [1.82, 2.24) is 10.3 Å². The van der Waals surface area contributed by atoms with Crippen LogP contribution in [0.3, 0.4) is 0 Å². The van der Waals surface area contributed by atoms with E-state index >= 15 is 0 Å². The fraction of sp³-hybridized carbons (Fsp3) is 0.208. The van der Waals surface area contributed by atoms with Crippen LogP contribution in [-0.2, 0) is 12.8 Å². The van der Waals surface area contributed by atoms with Crippen molar-refractivity contribution in [1.29, 1.82) is 0 Å². The van der Waals surface area contributed by atoms with Crippen molar-refractivity contribution in [3.8, 4) is 0 Å². The lowest BCUT2D eigenvalue weighted by Crippen LogP contribution is -2.30. The quantitative estimate of drug-likeness (QED) is 0.491. The Morgan fingerprint density at radius 3 is 2.00 bits per heavy atom. The van der Waals surface area contributed by atoms with E-state index in [0.717, 1.165) is 30.4 Å². The Hall–Kier alpha value is -2.71. The van der Waals surface area contributed by atoms with Crippen molar-refractivity contribution in [3.63, 3.8) is 0 Å². The number of benzene rings is 3. The first-order chi connectivity index (χ1) is 12.8. The first-order valence-corrected chi connectivity index (χ1v) is 9.35. The number of pyridine rings is 1. The van der Waals surface area contributed by atoms with E-state index < -0.39 is 0 Å². The zero-order valence-corrected chi connectivity index (χ0v) is 15.2. The largest absolute Gasteiger partial charge is 0.314 e. The summed E-state index contributed by atoms with van der Waals surface area (Å²) >= 11 is 0. The molecule has 4 aromatic rings. The number of hydrogen-bond acceptors (Lipinski definition) is 2. The topological polar surface area (TPSA) is 24.9 Å². The standard InChI is InChI=1S/C24H24N2/c1-18(17-19-9-3-2-4-10-19)25-16-15-20-21-11-5-7-13-23(21)26-24-14-8-6-12-22(20)24/h2-14,18,25H,15-17H2,1H3/t18-/m0/s1. The minimum absolute atomic E-state index is 0.455. The summed E-state index contributed by atoms with van der Waals surface area (Å²) in [6, 6.07) is 28.1. The molecule has 1 N–H and O–H groups in total. The molecule has 2 heteroatoms. The van der Waals surface area contributed by atoms with Crippen LogP contribution < -0.4 is 5.32 Å². The Morgan fingerprint density at radius 2 is 1.35 bits per heavy atom. The Labute approximate surface area is 154 Å². The third-order valence-corrected chi connectivity index (χ3v) is 4.95. The fourth-order valence-electron chi connectivity index (χ4n) is 3.68. The summed E-state index contributed by atoms with van der Waals surface area (Å²) in [5.74, 6) is 0. The van der Waals surface area contributed by atoms with E-state index in [0.29, 0.717) is 6.04 Å². The molecule has 3 aromatic carbocycles. The average Bonchev–Trinajstić information content (AvgIpc) is 2.68. The van der Waals surface area contributed by atoms with Crippen molar-refractivity contribution < 1.29 is 0 Å². The first kappa shape index (κ1) is 16.7. The van der Waals surface area contributed by atoms with E-state index in [4.69, 9.17) is 4.98 Å². The Morgan fingerprint density at radius 1 is 0.769 bits per heavy atom. The van der Waals surface area contributed by atoms with Crippen molar-refractivity contribution in [2.45, 2.75) is 25.8 Å². The number of rotatable bonds is 6. The summed E-state index contributed by atoms with van der Waals surface area (Å²) < 4.78 is 0. The predicted molar refractivity (Wildman–Crippen MR) is 111 cm³/mol. The van der Waals surface area contributed by atoms with Crippen LogP contribution in [0, 0.1) is 0 Å². The molecule has 26 heavy (non-hydrogen) atoms. The molecule has 0 saturated carbocycles. The van der Waals surface area contributed by atoms with Crippen LogP contribution in [0.4, 0.5) is 0 Å². The van der Waals surface area contributed by atoms with Gasteiger partial charge in [-0.3, -0.25) is 0 Å². The number of nitrogens with one attached hydrogen (secondary N) is 1. The van der Waals surface area contributed by atoms with E-state index in [2.05, 4.69) is 91.1 Å². The molecular formula is C24H24N2. The molecule has 2 nitrogen and oxygen atoms in total. The van der Waals surface area contributed by atoms with Gasteiger partial charge in [-0.15, -0.1) is 0 Å². The van der Waals surface area contributed by atoms with Crippen LogP contribution in [0.15, 0.2) is 78.9 Å². The maximum Gasteiger partial charge on any atom is 0.0712 e. The molecule has 1 atom stereocenters. The maximum absolute atomic E-state index is 4.82. The maximum atomic E-state index is 4.82. The van der Waals surface area contributed by atoms with Gasteiger partial charge < -0.3 is 5.32 Å². The van der Waals surface area contributed by atoms with Gasteiger partial charge in [-0.2, -0.15) is 0 Å². The smallest absolute Gasteiger partial charge is 0.0712 e. The zero-order valence-electron chi connectivity index (χ0n) is 15.2. The highest BCUT2D eigenvalue weighted by atomic mass is 14.9. The third kappa shape index (κ3) is 3.61. The first-order valence-electron chi connectivity index (χ1n) is 9.35. The molecule has 1 heterocycles. The lowest BCUT2D eigenvalue weighted by atomic mass is 9.99. The molecule has 0 bridgehead atoms. The Bertz CT molecular complexity index is 954. The zero-order chi connectivity index (χ0) is 17.8. The number of fused-ring (bicyclic) bond motifs is 2. The number of hydrogen-bond donors (Lipinski definition) is 1. The second kappa shape index (κ2) is 7.67. The number of nitrogens with zero attached hydrogens (tertiary/aromatic N) is 1. The molecule has 4 rings (SSSR count). The average molecular weight is 340 g/mol. The van der Waals surface area contributed by atoms with Gasteiger partial charge >= 0.3 is 0 Å². The second-order valence-electron chi connectivity index (χ2n) is 6.92. The highest BCUT2D eigenvalue weighted by Crippen LogP contribution is 2.26. The van der Waals surface area contributed by atoms with E-state index in [1.807, 2.05) is 0 Å². The van der Waals surface area contributed by atoms with Gasteiger partial charge in [-0.05, 0) is 49.6 Å². The van der Waals surface area contributed by atoms with Crippen molar-refractivity contribution in [2.75, 3.05) is 6.54 Å². The van der Waals surface area contributed by atoms with Gasteiger partial charge in [-0.25, -0.2) is 4.98 Å². The van der Waals surface area contributed by atoms with Crippen molar-refractivity contribution >= 4 is 21.8 Å². The minimum atomic E-state index is 0.455. The Kier molecular flexibility index (Phi) is 4.94. The summed E-state index contributed by atoms with van der Waals surface area (Å²) in [7, 11) is 0. The molecule has 0 spiro atoms. The summed E-state index contributed by atoms with van der Waals surface area (Å²) in [4.78, 5) is 4.82. The molecule has 0 aliphatic carbocycles. The molecule has 0 radical (unpaired) electrons. The Balaban J connectivity index is 1.52. The van der Waals surface area contributed by atoms with E-state index in [9.17, 15) is 0 Å². The molecule has 0 fully saturated rings. The summed E-state index contributed by atoms with van der Waals surface area (Å²) in [5, 5.41) is 6.22. The summed E-state index contributed by atoms with van der Waals surface area (Å²) in [5.41, 5.74) is 4.94. The minimum Gasteiger partial charge on any atom is -0.314 e. The second-order valence-corrected chi connectivity index (χ2v) is 6.92. The molecular weight excluding hydrogens is 316 g/mol. The fourth-order valence-corrected chi connectivity index (χ4v) is 3.68. The van der Waals surface area contributed by atoms with Gasteiger partial charge in [0.25, 0.3) is 0 Å². The van der Waals surface area contributed by atoms with Crippen LogP contribution in [-0.4, -0.2) is 17.6 Å². The van der Waals surface area contributed by atoms with Crippen LogP contribution in [0.1, 0.15) is 18.1 Å². The highest BCUT2D eigenvalue weighted by Gasteiger charge is 2.09. The van der Waals surface area contributed by atoms with Gasteiger partial charge in [-0.1, -0.05) is 66.7 Å². The molecule has 0 aliphatic heterocycles. The van der Waals surface area contributed by atoms with Crippen LogP contribution in [0.2, 0.25) is 0 Å². The van der Waals surface area contributed by atoms with Gasteiger partial charge in [0, 0.05) is 16.8 Å². The molecule has 1 aromatic heterocycles. The lowest BCUT2D eigenvalue weighted by Gasteiger charge is -2.15. The van der Waals surface area contributed by atoms with Crippen LogP contribution in [0.25, 0.3) is 21.8 Å². The van der Waals surface area contributed by atoms with Crippen LogP contribution >= 0.6 is 0 Å². The van der Waals surface area contributed by atoms with E-state index in [1.54, 1.807) is 0 Å². The highest BCUT2D eigenvalue weighted by molar-refractivity contribution is 5.97. The van der Waals surface area contributed by atoms with Crippen molar-refractivity contribution in [2.24, 2.45) is 0 Å². The normalized spacial score (nSPS) is 12.5. The third-order valence-electron chi connectivity index (χ3n) is 4.95. The van der Waals surface area contributed by atoms with Gasteiger partial charge in [0.2, 0.25) is 0 Å². The van der Waals surface area contributed by atoms with Gasteiger partial charge in [0.1, 0.15) is 0 Å². The predicted octanol–water partition coefficient (Wildman–Crippen LogP) is 5.15. The monoisotopic (exact) mass is 340 g/mol. The molecule has 0 saturated heterocycles. The van der Waals surface area contributed by atoms with E-state index in [1.165, 1.54) is 21.9 Å². The summed E-state index contributed by atoms with van der Waals surface area (Å²) in [6.07, 6.45) is 2.06. The molecule has 0 amide bonds. The molecule has 0 unspecified atom stereocenters. The van der Waals surface area contributed by atoms with Gasteiger partial charge in [0.05, 0.1) is 11.0 Å². The SMILES string of the molecule is C[C@@H](Cc1ccccc1)NCCc1c2ccccc2nc2ccccc12. The molecule has 130 valence electrons.